The molecular weight excluding hydrogens is 341 g/mol. The van der Waals surface area contributed by atoms with Crippen LogP contribution in [0.15, 0.2) is 52.4 Å². The molecule has 2 aromatic carbocycles. The fourth-order valence-electron chi connectivity index (χ4n) is 2.32. The summed E-state index contributed by atoms with van der Waals surface area (Å²) in [6.45, 7) is 1.66. The minimum Gasteiger partial charge on any atom is -0.325 e. The van der Waals surface area contributed by atoms with Crippen molar-refractivity contribution in [2.24, 2.45) is 7.05 Å². The van der Waals surface area contributed by atoms with Crippen molar-refractivity contribution in [3.8, 4) is 0 Å². The summed E-state index contributed by atoms with van der Waals surface area (Å²) in [7, 11) is 1.62. The Kier molecular flexibility index (Phi) is 4.85. The van der Waals surface area contributed by atoms with Crippen LogP contribution in [0.4, 0.5) is 10.1 Å². The van der Waals surface area contributed by atoms with E-state index in [2.05, 4.69) is 10.3 Å². The number of anilines is 1. The number of nitrogens with zero attached hydrogens (tertiary/aromatic N) is 2. The van der Waals surface area contributed by atoms with E-state index in [4.69, 9.17) is 0 Å². The number of carbonyl (C=O) groups is 1. The predicted molar refractivity (Wildman–Crippen MR) is 97.5 cm³/mol. The van der Waals surface area contributed by atoms with Crippen LogP contribution in [0.3, 0.4) is 0 Å². The number of fused-ring (bicyclic) bond motifs is 1. The van der Waals surface area contributed by atoms with E-state index < -0.39 is 0 Å². The van der Waals surface area contributed by atoms with Crippen molar-refractivity contribution in [1.29, 1.82) is 0 Å². The first-order valence-corrected chi connectivity index (χ1v) is 8.59. The van der Waals surface area contributed by atoms with Gasteiger partial charge in [-0.2, -0.15) is 0 Å². The lowest BCUT2D eigenvalue weighted by Crippen LogP contribution is -2.21. The summed E-state index contributed by atoms with van der Waals surface area (Å²) in [5.41, 5.74) is 1.35. The fraction of sp³-hybridized carbons (Fsp3) is 0.167. The van der Waals surface area contributed by atoms with Crippen LogP contribution in [0.25, 0.3) is 10.9 Å². The van der Waals surface area contributed by atoms with Crippen molar-refractivity contribution in [3.05, 3.63) is 64.2 Å². The normalized spacial score (nSPS) is 10.8. The molecule has 5 nitrogen and oxygen atoms in total. The summed E-state index contributed by atoms with van der Waals surface area (Å²) in [5.74, 6) is -0.603. The first kappa shape index (κ1) is 17.2. The number of aromatic nitrogens is 2. The van der Waals surface area contributed by atoms with Crippen molar-refractivity contribution in [3.63, 3.8) is 0 Å². The summed E-state index contributed by atoms with van der Waals surface area (Å²) in [6.07, 6.45) is 0. The van der Waals surface area contributed by atoms with Crippen LogP contribution in [-0.4, -0.2) is 21.2 Å². The molecule has 0 aliphatic carbocycles. The summed E-state index contributed by atoms with van der Waals surface area (Å²) in [5, 5.41) is 3.63. The third-order valence-corrected chi connectivity index (χ3v) is 4.76. The van der Waals surface area contributed by atoms with Gasteiger partial charge in [-0.05, 0) is 36.8 Å². The number of benzene rings is 2. The molecule has 0 bridgehead atoms. The molecule has 1 aromatic heterocycles. The largest absolute Gasteiger partial charge is 0.325 e. The Hall–Kier alpha value is -2.67. The highest BCUT2D eigenvalue weighted by Gasteiger charge is 2.11. The standard InChI is InChI=1S/C18H16FN3O2S/c1-11-7-8-12(9-14(11)19)20-16(23)10-25-18-21-15-6-4-3-5-13(15)17(24)22(18)2/h3-9H,10H2,1-2H3,(H,20,23). The summed E-state index contributed by atoms with van der Waals surface area (Å²) in [6, 6.07) is 11.6. The third-order valence-electron chi connectivity index (χ3n) is 3.73. The van der Waals surface area contributed by atoms with E-state index in [0.29, 0.717) is 27.3 Å². The number of thioether (sulfide) groups is 1. The van der Waals surface area contributed by atoms with Crippen LogP contribution in [0.2, 0.25) is 0 Å². The zero-order valence-electron chi connectivity index (χ0n) is 13.7. The van der Waals surface area contributed by atoms with E-state index in [9.17, 15) is 14.0 Å². The Balaban J connectivity index is 1.73. The number of rotatable bonds is 4. The Labute approximate surface area is 147 Å². The average molecular weight is 357 g/mol. The molecule has 0 unspecified atom stereocenters. The highest BCUT2D eigenvalue weighted by atomic mass is 32.2. The fourth-order valence-corrected chi connectivity index (χ4v) is 3.10. The van der Waals surface area contributed by atoms with Gasteiger partial charge < -0.3 is 5.32 Å². The predicted octanol–water partition coefficient (Wildman–Crippen LogP) is 3.11. The van der Waals surface area contributed by atoms with Crippen molar-refractivity contribution in [2.45, 2.75) is 12.1 Å². The van der Waals surface area contributed by atoms with Gasteiger partial charge >= 0.3 is 0 Å². The van der Waals surface area contributed by atoms with E-state index in [0.717, 1.165) is 11.8 Å². The molecule has 0 radical (unpaired) electrons. The minimum absolute atomic E-state index is 0.0636. The molecule has 1 N–H and O–H groups in total. The maximum Gasteiger partial charge on any atom is 0.261 e. The molecule has 3 aromatic rings. The third kappa shape index (κ3) is 3.71. The lowest BCUT2D eigenvalue weighted by atomic mass is 10.2. The molecule has 3 rings (SSSR count). The second kappa shape index (κ2) is 7.06. The maximum absolute atomic E-state index is 13.5. The summed E-state index contributed by atoms with van der Waals surface area (Å²) >= 11 is 1.16. The van der Waals surface area contributed by atoms with Crippen LogP contribution in [0.5, 0.6) is 0 Å². The molecule has 25 heavy (non-hydrogen) atoms. The molecule has 0 fully saturated rings. The topological polar surface area (TPSA) is 64.0 Å². The molecule has 7 heteroatoms. The number of hydrogen-bond acceptors (Lipinski definition) is 4. The number of hydrogen-bond donors (Lipinski definition) is 1. The first-order chi connectivity index (χ1) is 12.0. The number of carbonyl (C=O) groups excluding carboxylic acids is 1. The van der Waals surface area contributed by atoms with Crippen LogP contribution >= 0.6 is 11.8 Å². The van der Waals surface area contributed by atoms with E-state index in [1.54, 1.807) is 44.3 Å². The first-order valence-electron chi connectivity index (χ1n) is 7.60. The molecular formula is C18H16FN3O2S. The average Bonchev–Trinajstić information content (AvgIpc) is 2.60. The number of aryl methyl sites for hydroxylation is 1. The Morgan fingerprint density at radius 3 is 2.80 bits per heavy atom. The van der Waals surface area contributed by atoms with Crippen LogP contribution < -0.4 is 10.9 Å². The lowest BCUT2D eigenvalue weighted by Gasteiger charge is -2.09. The van der Waals surface area contributed by atoms with Crippen LogP contribution in [0.1, 0.15) is 5.56 Å². The molecule has 1 heterocycles. The molecule has 0 saturated heterocycles. The van der Waals surface area contributed by atoms with Gasteiger partial charge in [-0.25, -0.2) is 9.37 Å². The van der Waals surface area contributed by atoms with Crippen LogP contribution in [-0.2, 0) is 11.8 Å². The molecule has 0 aliphatic rings. The Morgan fingerprint density at radius 1 is 1.28 bits per heavy atom. The highest BCUT2D eigenvalue weighted by molar-refractivity contribution is 7.99. The Morgan fingerprint density at radius 2 is 2.04 bits per heavy atom. The van der Waals surface area contributed by atoms with Gasteiger partial charge in [0.1, 0.15) is 5.82 Å². The van der Waals surface area contributed by atoms with Crippen molar-refractivity contribution < 1.29 is 9.18 Å². The maximum atomic E-state index is 13.5. The minimum atomic E-state index is -0.371. The highest BCUT2D eigenvalue weighted by Crippen LogP contribution is 2.18. The zero-order chi connectivity index (χ0) is 18.0. The van der Waals surface area contributed by atoms with Gasteiger partial charge in [0, 0.05) is 12.7 Å². The van der Waals surface area contributed by atoms with E-state index >= 15 is 0 Å². The van der Waals surface area contributed by atoms with Gasteiger partial charge in [-0.3, -0.25) is 14.2 Å². The van der Waals surface area contributed by atoms with Gasteiger partial charge in [-0.1, -0.05) is 30.0 Å². The number of para-hydroxylation sites is 1. The second-order valence-electron chi connectivity index (χ2n) is 5.58. The molecule has 0 atom stereocenters. The van der Waals surface area contributed by atoms with E-state index in [1.807, 2.05) is 6.07 Å². The smallest absolute Gasteiger partial charge is 0.261 e. The number of nitrogens with one attached hydrogen (secondary N) is 1. The summed E-state index contributed by atoms with van der Waals surface area (Å²) in [4.78, 5) is 28.8. The van der Waals surface area contributed by atoms with Gasteiger partial charge in [-0.15, -0.1) is 0 Å². The van der Waals surface area contributed by atoms with Crippen LogP contribution in [0, 0.1) is 12.7 Å². The van der Waals surface area contributed by atoms with E-state index in [1.165, 1.54) is 10.6 Å². The SMILES string of the molecule is Cc1ccc(NC(=O)CSc2nc3ccccc3c(=O)n2C)cc1F. The van der Waals surface area contributed by atoms with E-state index in [-0.39, 0.29) is 23.0 Å². The monoisotopic (exact) mass is 357 g/mol. The van der Waals surface area contributed by atoms with Crippen molar-refractivity contribution in [1.82, 2.24) is 9.55 Å². The summed E-state index contributed by atoms with van der Waals surface area (Å²) < 4.78 is 14.9. The Bertz CT molecular complexity index is 1020. The zero-order valence-corrected chi connectivity index (χ0v) is 14.6. The van der Waals surface area contributed by atoms with Gasteiger partial charge in [0.2, 0.25) is 5.91 Å². The molecule has 1 amide bonds. The number of amides is 1. The van der Waals surface area contributed by atoms with Gasteiger partial charge in [0.15, 0.2) is 5.16 Å². The van der Waals surface area contributed by atoms with Gasteiger partial charge in [0.05, 0.1) is 16.7 Å². The van der Waals surface area contributed by atoms with Crippen molar-refractivity contribution in [2.75, 3.05) is 11.1 Å². The molecule has 0 aliphatic heterocycles. The second-order valence-corrected chi connectivity index (χ2v) is 6.52. The lowest BCUT2D eigenvalue weighted by molar-refractivity contribution is -0.113. The quantitative estimate of drug-likeness (QED) is 0.576. The molecule has 0 spiro atoms. The number of halogens is 1. The van der Waals surface area contributed by atoms with Gasteiger partial charge in [0.25, 0.3) is 5.56 Å². The molecule has 0 saturated carbocycles. The van der Waals surface area contributed by atoms with Crippen molar-refractivity contribution >= 4 is 34.3 Å². The molecule has 128 valence electrons.